The molecular formula is C19H16ClN3O3S. The van der Waals surface area contributed by atoms with E-state index in [-0.39, 0.29) is 4.90 Å². The molecule has 0 saturated heterocycles. The summed E-state index contributed by atoms with van der Waals surface area (Å²) in [5.74, 6) is -2.23. The van der Waals surface area contributed by atoms with Gasteiger partial charge >= 0.3 is 0 Å². The average molecular weight is 402 g/mol. The van der Waals surface area contributed by atoms with Gasteiger partial charge in [-0.15, -0.1) is 0 Å². The van der Waals surface area contributed by atoms with Gasteiger partial charge in [-0.3, -0.25) is 4.79 Å². The van der Waals surface area contributed by atoms with Crippen LogP contribution in [0, 0.1) is 17.2 Å². The van der Waals surface area contributed by atoms with Crippen molar-refractivity contribution >= 4 is 33.1 Å². The van der Waals surface area contributed by atoms with Gasteiger partial charge in [-0.1, -0.05) is 41.9 Å². The zero-order chi connectivity index (χ0) is 19.6. The maximum absolute atomic E-state index is 13.2. The molecule has 0 bridgehead atoms. The molecule has 1 aliphatic rings. The Balaban J connectivity index is 2.17. The number of halogens is 1. The van der Waals surface area contributed by atoms with E-state index in [2.05, 4.69) is 10.5 Å². The number of carbonyl (C=O) groups is 1. The Bertz CT molecular complexity index is 1030. The number of carbonyl (C=O) groups excluding carboxylic acids is 1. The minimum Gasteiger partial charge on any atom is -0.272 e. The van der Waals surface area contributed by atoms with Gasteiger partial charge in [0, 0.05) is 16.7 Å². The molecule has 8 heteroatoms. The third-order valence-corrected chi connectivity index (χ3v) is 6.80. The van der Waals surface area contributed by atoms with Crippen LogP contribution in [0.25, 0.3) is 0 Å². The summed E-state index contributed by atoms with van der Waals surface area (Å²) in [6.07, 6.45) is 0. The van der Waals surface area contributed by atoms with Gasteiger partial charge in [0.1, 0.15) is 0 Å². The van der Waals surface area contributed by atoms with Gasteiger partial charge in [0.25, 0.3) is 0 Å². The van der Waals surface area contributed by atoms with E-state index in [0.717, 1.165) is 0 Å². The van der Waals surface area contributed by atoms with Gasteiger partial charge in [-0.2, -0.15) is 10.4 Å². The van der Waals surface area contributed by atoms with E-state index in [1.807, 2.05) is 6.07 Å². The Labute approximate surface area is 162 Å². The Hall–Kier alpha value is -2.69. The summed E-state index contributed by atoms with van der Waals surface area (Å²) in [5.41, 5.74) is 3.33. The highest BCUT2D eigenvalue weighted by Gasteiger charge is 2.46. The highest BCUT2D eigenvalue weighted by molar-refractivity contribution is 7.92. The van der Waals surface area contributed by atoms with Crippen LogP contribution in [0.1, 0.15) is 18.4 Å². The minimum atomic E-state index is -4.02. The lowest BCUT2D eigenvalue weighted by molar-refractivity contribution is -0.122. The molecule has 6 nitrogen and oxygen atoms in total. The Morgan fingerprint density at radius 3 is 2.30 bits per heavy atom. The van der Waals surface area contributed by atoms with E-state index >= 15 is 0 Å². The molecule has 1 aliphatic heterocycles. The first kappa shape index (κ1) is 19.1. The maximum Gasteiger partial charge on any atom is 0.249 e. The first-order chi connectivity index (χ1) is 12.9. The molecular weight excluding hydrogens is 386 g/mol. The molecule has 0 radical (unpaired) electrons. The van der Waals surface area contributed by atoms with Crippen molar-refractivity contribution in [2.75, 3.05) is 0 Å². The predicted molar refractivity (Wildman–Crippen MR) is 102 cm³/mol. The molecule has 3 rings (SSSR count). The predicted octanol–water partition coefficient (Wildman–Crippen LogP) is 2.91. The van der Waals surface area contributed by atoms with Gasteiger partial charge in [0.05, 0.1) is 16.9 Å². The SMILES string of the molecule is CC1=NNC(=O)C1C(c1ccc(Cl)cc1)C(C#N)S(=O)(=O)c1ccccc1. The fourth-order valence-corrected chi connectivity index (χ4v) is 5.02. The normalized spacial score (nSPS) is 18.9. The van der Waals surface area contributed by atoms with Crippen LogP contribution in [-0.2, 0) is 14.6 Å². The molecule has 0 spiro atoms. The lowest BCUT2D eigenvalue weighted by Gasteiger charge is -2.26. The molecule has 2 aromatic rings. The van der Waals surface area contributed by atoms with Crippen molar-refractivity contribution < 1.29 is 13.2 Å². The molecule has 27 heavy (non-hydrogen) atoms. The van der Waals surface area contributed by atoms with E-state index in [0.29, 0.717) is 16.3 Å². The number of nitrogens with zero attached hydrogens (tertiary/aromatic N) is 2. The fraction of sp³-hybridized carbons (Fsp3) is 0.211. The van der Waals surface area contributed by atoms with E-state index in [1.165, 1.54) is 12.1 Å². The van der Waals surface area contributed by atoms with Crippen LogP contribution < -0.4 is 5.43 Å². The second-order valence-electron chi connectivity index (χ2n) is 6.19. The molecule has 2 aromatic carbocycles. The summed E-state index contributed by atoms with van der Waals surface area (Å²) in [4.78, 5) is 12.4. The van der Waals surface area contributed by atoms with Crippen molar-refractivity contribution in [3.63, 3.8) is 0 Å². The van der Waals surface area contributed by atoms with Gasteiger partial charge in [-0.05, 0) is 36.8 Å². The summed E-state index contributed by atoms with van der Waals surface area (Å²) < 4.78 is 26.4. The van der Waals surface area contributed by atoms with Crippen LogP contribution in [0.5, 0.6) is 0 Å². The summed E-state index contributed by atoms with van der Waals surface area (Å²) in [5, 5.41) is 12.7. The monoisotopic (exact) mass is 401 g/mol. The van der Waals surface area contributed by atoms with E-state index < -0.39 is 32.8 Å². The van der Waals surface area contributed by atoms with E-state index in [9.17, 15) is 18.5 Å². The first-order valence-corrected chi connectivity index (χ1v) is 10.1. The molecule has 138 valence electrons. The number of hydrogen-bond acceptors (Lipinski definition) is 5. The Kier molecular flexibility index (Phi) is 5.31. The zero-order valence-electron chi connectivity index (χ0n) is 14.3. The second-order valence-corrected chi connectivity index (χ2v) is 8.70. The Morgan fingerprint density at radius 2 is 1.78 bits per heavy atom. The molecule has 0 fully saturated rings. The van der Waals surface area contributed by atoms with Crippen molar-refractivity contribution in [1.82, 2.24) is 5.43 Å². The number of nitrogens with one attached hydrogen (secondary N) is 1. The number of hydrogen-bond donors (Lipinski definition) is 1. The smallest absolute Gasteiger partial charge is 0.249 e. The lowest BCUT2D eigenvalue weighted by atomic mass is 9.81. The first-order valence-electron chi connectivity index (χ1n) is 8.14. The minimum absolute atomic E-state index is 0.0310. The van der Waals surface area contributed by atoms with Gasteiger partial charge < -0.3 is 0 Å². The van der Waals surface area contributed by atoms with Crippen molar-refractivity contribution in [3.8, 4) is 6.07 Å². The van der Waals surface area contributed by atoms with Crippen LogP contribution in [0.2, 0.25) is 5.02 Å². The Morgan fingerprint density at radius 1 is 1.15 bits per heavy atom. The summed E-state index contributed by atoms with van der Waals surface area (Å²) >= 11 is 5.95. The van der Waals surface area contributed by atoms with Crippen molar-refractivity contribution in [3.05, 3.63) is 65.2 Å². The highest BCUT2D eigenvalue weighted by atomic mass is 35.5. The van der Waals surface area contributed by atoms with E-state index in [1.54, 1.807) is 49.4 Å². The topological polar surface area (TPSA) is 99.4 Å². The number of amides is 1. The van der Waals surface area contributed by atoms with Crippen LogP contribution >= 0.6 is 11.6 Å². The summed E-state index contributed by atoms with van der Waals surface area (Å²) in [6, 6.07) is 16.1. The second kappa shape index (κ2) is 7.51. The highest BCUT2D eigenvalue weighted by Crippen LogP contribution is 2.37. The number of sulfone groups is 1. The molecule has 0 aromatic heterocycles. The zero-order valence-corrected chi connectivity index (χ0v) is 15.9. The van der Waals surface area contributed by atoms with Crippen LogP contribution in [0.15, 0.2) is 64.6 Å². The molecule has 1 amide bonds. The molecule has 3 atom stereocenters. The van der Waals surface area contributed by atoms with Crippen molar-refractivity contribution in [2.24, 2.45) is 11.0 Å². The van der Waals surface area contributed by atoms with Crippen LogP contribution in [-0.4, -0.2) is 25.3 Å². The number of nitriles is 1. The molecule has 1 heterocycles. The number of benzene rings is 2. The standard InChI is InChI=1S/C19H16ClN3O3S/c1-12-17(19(24)23-22-12)18(13-7-9-14(20)10-8-13)16(11-21)27(25,26)15-5-3-2-4-6-15/h2-10,16-18H,1H3,(H,23,24). The number of hydrazone groups is 1. The third kappa shape index (κ3) is 3.59. The van der Waals surface area contributed by atoms with Crippen molar-refractivity contribution in [2.45, 2.75) is 23.0 Å². The lowest BCUT2D eigenvalue weighted by Crippen LogP contribution is -2.38. The van der Waals surface area contributed by atoms with Gasteiger partial charge in [-0.25, -0.2) is 13.8 Å². The van der Waals surface area contributed by atoms with E-state index in [4.69, 9.17) is 11.6 Å². The summed E-state index contributed by atoms with van der Waals surface area (Å²) in [6.45, 7) is 1.63. The van der Waals surface area contributed by atoms with Crippen LogP contribution in [0.3, 0.4) is 0 Å². The fourth-order valence-electron chi connectivity index (χ4n) is 3.22. The van der Waals surface area contributed by atoms with Crippen LogP contribution in [0.4, 0.5) is 0 Å². The summed E-state index contributed by atoms with van der Waals surface area (Å²) in [7, 11) is -4.02. The van der Waals surface area contributed by atoms with Gasteiger partial charge in [0.2, 0.25) is 5.91 Å². The third-order valence-electron chi connectivity index (χ3n) is 4.55. The number of rotatable bonds is 5. The average Bonchev–Trinajstić information content (AvgIpc) is 2.99. The van der Waals surface area contributed by atoms with Gasteiger partial charge in [0.15, 0.2) is 15.1 Å². The van der Waals surface area contributed by atoms with Crippen molar-refractivity contribution in [1.29, 1.82) is 5.26 Å². The molecule has 0 saturated carbocycles. The molecule has 3 unspecified atom stereocenters. The quantitative estimate of drug-likeness (QED) is 0.832. The maximum atomic E-state index is 13.2. The molecule has 1 N–H and O–H groups in total. The largest absolute Gasteiger partial charge is 0.272 e. The molecule has 0 aliphatic carbocycles.